The van der Waals surface area contributed by atoms with Crippen LogP contribution in [0, 0.1) is 0 Å². The summed E-state index contributed by atoms with van der Waals surface area (Å²) in [5, 5.41) is 0. The second-order valence-electron chi connectivity index (χ2n) is 10.8. The molecule has 0 spiro atoms. The van der Waals surface area contributed by atoms with Crippen molar-refractivity contribution >= 4 is 22.1 Å². The van der Waals surface area contributed by atoms with E-state index in [2.05, 4.69) is 36.4 Å². The number of ether oxygens (including phenoxy) is 1. The fourth-order valence-electron chi connectivity index (χ4n) is 5.48. The van der Waals surface area contributed by atoms with Gasteiger partial charge in [0.15, 0.2) is 0 Å². The van der Waals surface area contributed by atoms with Gasteiger partial charge in [0, 0.05) is 16.7 Å². The van der Waals surface area contributed by atoms with Crippen LogP contribution in [0.1, 0.15) is 0 Å². The van der Waals surface area contributed by atoms with Gasteiger partial charge >= 0.3 is 0 Å². The van der Waals surface area contributed by atoms with Gasteiger partial charge in [-0.1, -0.05) is 91.0 Å². The summed E-state index contributed by atoms with van der Waals surface area (Å²) >= 11 is 0. The van der Waals surface area contributed by atoms with Gasteiger partial charge in [-0.2, -0.15) is 0 Å². The third kappa shape index (κ3) is 5.39. The first-order valence-corrected chi connectivity index (χ1v) is 14.8. The molecule has 45 heavy (non-hydrogen) atoms. The highest BCUT2D eigenvalue weighted by Gasteiger charge is 2.15. The van der Waals surface area contributed by atoms with Gasteiger partial charge in [-0.05, 0) is 71.8 Å². The van der Waals surface area contributed by atoms with Crippen molar-refractivity contribution in [1.82, 2.24) is 19.9 Å². The lowest BCUT2D eigenvalue weighted by molar-refractivity contribution is 0.483. The number of rotatable bonds is 6. The van der Waals surface area contributed by atoms with Crippen LogP contribution >= 0.6 is 0 Å². The highest BCUT2D eigenvalue weighted by molar-refractivity contribution is 5.90. The number of aromatic nitrogens is 4. The fourth-order valence-corrected chi connectivity index (χ4v) is 5.48. The average molecular weight is 579 g/mol. The minimum atomic E-state index is 0.762. The van der Waals surface area contributed by atoms with E-state index in [1.165, 1.54) is 0 Å². The molecule has 6 aromatic carbocycles. The van der Waals surface area contributed by atoms with Crippen LogP contribution in [0.3, 0.4) is 0 Å². The third-order valence-electron chi connectivity index (χ3n) is 7.76. The average Bonchev–Trinajstić information content (AvgIpc) is 3.12. The van der Waals surface area contributed by atoms with E-state index in [9.17, 15) is 0 Å². The standard InChI is InChI=1S/C40H26N4O/c1-4-10-27(11-5-1)38-26-41-36-24-30(18-22-34(36)42-38)31-19-23-35-37(25-31)44-40(39(43-35)28-12-6-2-7-13-28)29-16-20-33(21-17-29)45-32-14-8-3-9-15-32/h1-26H. The topological polar surface area (TPSA) is 60.8 Å². The molecule has 0 bridgehead atoms. The zero-order chi connectivity index (χ0) is 30.0. The Morgan fingerprint density at radius 2 is 0.844 bits per heavy atom. The molecule has 0 saturated heterocycles. The van der Waals surface area contributed by atoms with Gasteiger partial charge in [0.2, 0.25) is 0 Å². The van der Waals surface area contributed by atoms with Crippen molar-refractivity contribution in [2.45, 2.75) is 0 Å². The molecule has 0 unspecified atom stereocenters. The molecule has 2 heterocycles. The minimum absolute atomic E-state index is 0.762. The van der Waals surface area contributed by atoms with Gasteiger partial charge in [0.05, 0.1) is 45.3 Å². The highest BCUT2D eigenvalue weighted by atomic mass is 16.5. The smallest absolute Gasteiger partial charge is 0.127 e. The molecule has 2 aromatic heterocycles. The summed E-state index contributed by atoms with van der Waals surface area (Å²) in [5.41, 5.74) is 11.0. The van der Waals surface area contributed by atoms with E-state index in [0.29, 0.717) is 0 Å². The monoisotopic (exact) mass is 578 g/mol. The van der Waals surface area contributed by atoms with Crippen molar-refractivity contribution in [2.75, 3.05) is 0 Å². The lowest BCUT2D eigenvalue weighted by Crippen LogP contribution is -1.96. The van der Waals surface area contributed by atoms with Crippen molar-refractivity contribution in [2.24, 2.45) is 0 Å². The van der Waals surface area contributed by atoms with Gasteiger partial charge in [0.25, 0.3) is 0 Å². The van der Waals surface area contributed by atoms with E-state index in [0.717, 1.165) is 78.5 Å². The Kier molecular flexibility index (Phi) is 6.74. The summed E-state index contributed by atoms with van der Waals surface area (Å²) in [4.78, 5) is 19.9. The van der Waals surface area contributed by atoms with E-state index in [1.807, 2.05) is 121 Å². The molecule has 0 aliphatic rings. The van der Waals surface area contributed by atoms with Crippen molar-refractivity contribution in [1.29, 1.82) is 0 Å². The molecule has 212 valence electrons. The molecule has 0 saturated carbocycles. The maximum Gasteiger partial charge on any atom is 0.127 e. The molecule has 8 aromatic rings. The van der Waals surface area contributed by atoms with Gasteiger partial charge < -0.3 is 4.74 Å². The quantitative estimate of drug-likeness (QED) is 0.196. The van der Waals surface area contributed by atoms with Gasteiger partial charge in [0.1, 0.15) is 11.5 Å². The van der Waals surface area contributed by atoms with E-state index in [4.69, 9.17) is 24.7 Å². The predicted octanol–water partition coefficient (Wildman–Crippen LogP) is 10.0. The number of nitrogens with zero attached hydrogens (tertiary/aromatic N) is 4. The van der Waals surface area contributed by atoms with Crippen LogP contribution in [0.2, 0.25) is 0 Å². The third-order valence-corrected chi connectivity index (χ3v) is 7.76. The molecule has 0 fully saturated rings. The molecule has 8 rings (SSSR count). The summed E-state index contributed by atoms with van der Waals surface area (Å²) in [7, 11) is 0. The Morgan fingerprint density at radius 1 is 0.356 bits per heavy atom. The van der Waals surface area contributed by atoms with Crippen LogP contribution in [0.15, 0.2) is 158 Å². The maximum atomic E-state index is 6.03. The van der Waals surface area contributed by atoms with Gasteiger partial charge in [-0.15, -0.1) is 0 Å². The first-order valence-electron chi connectivity index (χ1n) is 14.8. The number of hydrogen-bond acceptors (Lipinski definition) is 5. The second-order valence-corrected chi connectivity index (χ2v) is 10.8. The molecule has 0 N–H and O–H groups in total. The van der Waals surface area contributed by atoms with Crippen molar-refractivity contribution < 1.29 is 4.74 Å². The Labute approximate surface area is 260 Å². The lowest BCUT2D eigenvalue weighted by Gasteiger charge is -2.12. The van der Waals surface area contributed by atoms with Crippen LogP contribution in [-0.4, -0.2) is 19.9 Å². The van der Waals surface area contributed by atoms with Gasteiger partial charge in [-0.3, -0.25) is 4.98 Å². The molecule has 0 aliphatic heterocycles. The summed E-state index contributed by atoms with van der Waals surface area (Å²) in [5.74, 6) is 1.56. The predicted molar refractivity (Wildman–Crippen MR) is 181 cm³/mol. The van der Waals surface area contributed by atoms with E-state index in [1.54, 1.807) is 0 Å². The number of hydrogen-bond donors (Lipinski definition) is 0. The Bertz CT molecular complexity index is 2270. The van der Waals surface area contributed by atoms with Crippen LogP contribution in [0.5, 0.6) is 11.5 Å². The molecule has 0 atom stereocenters. The molecule has 0 aliphatic carbocycles. The number of para-hydroxylation sites is 1. The fraction of sp³-hybridized carbons (Fsp3) is 0. The molecule has 5 nitrogen and oxygen atoms in total. The Morgan fingerprint density at radius 3 is 1.51 bits per heavy atom. The molecule has 5 heteroatoms. The number of benzene rings is 6. The van der Waals surface area contributed by atoms with Crippen molar-refractivity contribution in [3.8, 4) is 56.4 Å². The Balaban J connectivity index is 1.18. The normalized spacial score (nSPS) is 11.1. The van der Waals surface area contributed by atoms with Crippen LogP contribution in [-0.2, 0) is 0 Å². The first-order chi connectivity index (χ1) is 22.3. The second kappa shape index (κ2) is 11.5. The van der Waals surface area contributed by atoms with E-state index >= 15 is 0 Å². The van der Waals surface area contributed by atoms with E-state index in [-0.39, 0.29) is 0 Å². The molecular formula is C40H26N4O. The van der Waals surface area contributed by atoms with Gasteiger partial charge in [-0.25, -0.2) is 15.0 Å². The van der Waals surface area contributed by atoms with Crippen molar-refractivity contribution in [3.05, 3.63) is 158 Å². The van der Waals surface area contributed by atoms with Crippen LogP contribution in [0.25, 0.3) is 67.0 Å². The molecule has 0 radical (unpaired) electrons. The summed E-state index contributed by atoms with van der Waals surface area (Å²) in [6.07, 6.45) is 1.83. The summed E-state index contributed by atoms with van der Waals surface area (Å²) in [6, 6.07) is 50.5. The summed E-state index contributed by atoms with van der Waals surface area (Å²) < 4.78 is 6.03. The van der Waals surface area contributed by atoms with E-state index < -0.39 is 0 Å². The highest BCUT2D eigenvalue weighted by Crippen LogP contribution is 2.34. The minimum Gasteiger partial charge on any atom is -0.457 e. The Hall–Kier alpha value is -6.20. The SMILES string of the molecule is c1ccc(Oc2ccc(-c3nc4cc(-c5ccc6nc(-c7ccccc7)cnc6c5)ccc4nc3-c3ccccc3)cc2)cc1. The largest absolute Gasteiger partial charge is 0.457 e. The first kappa shape index (κ1) is 26.4. The van der Waals surface area contributed by atoms with Crippen LogP contribution < -0.4 is 4.74 Å². The zero-order valence-electron chi connectivity index (χ0n) is 24.2. The van der Waals surface area contributed by atoms with Crippen LogP contribution in [0.4, 0.5) is 0 Å². The zero-order valence-corrected chi connectivity index (χ0v) is 24.2. The molecule has 0 amide bonds. The number of fused-ring (bicyclic) bond motifs is 2. The summed E-state index contributed by atoms with van der Waals surface area (Å²) in [6.45, 7) is 0. The molecular weight excluding hydrogens is 552 g/mol. The maximum absolute atomic E-state index is 6.03. The lowest BCUT2D eigenvalue weighted by atomic mass is 10.0. The van der Waals surface area contributed by atoms with Crippen molar-refractivity contribution in [3.63, 3.8) is 0 Å².